The first-order valence-corrected chi connectivity index (χ1v) is 6.34. The molecule has 0 atom stereocenters. The Balaban J connectivity index is 2.11. The second kappa shape index (κ2) is 6.57. The minimum Gasteiger partial charge on any atom is -0.497 e. The molecule has 1 aliphatic rings. The van der Waals surface area contributed by atoms with Crippen LogP contribution in [0.3, 0.4) is 0 Å². The Kier molecular flexibility index (Phi) is 4.76. The van der Waals surface area contributed by atoms with Gasteiger partial charge in [-0.25, -0.2) is 0 Å². The summed E-state index contributed by atoms with van der Waals surface area (Å²) in [5.41, 5.74) is 2.11. The standard InChI is InChI=1S/C13H21N3O/c1-17-13-7-11-9-14-5-3-2-4-6-15-10-12(8-13)16-11/h7-8,14-15H,2-6,9-10H2,1H3. The summed E-state index contributed by atoms with van der Waals surface area (Å²) in [5.74, 6) is 0.894. The minimum atomic E-state index is 0.824. The number of nitrogens with one attached hydrogen (secondary N) is 2. The van der Waals surface area contributed by atoms with Crippen LogP contribution in [-0.2, 0) is 13.1 Å². The van der Waals surface area contributed by atoms with E-state index in [0.717, 1.165) is 43.3 Å². The molecule has 0 aromatic carbocycles. The van der Waals surface area contributed by atoms with Gasteiger partial charge in [-0.2, -0.15) is 0 Å². The topological polar surface area (TPSA) is 46.2 Å². The second-order valence-electron chi connectivity index (χ2n) is 4.40. The van der Waals surface area contributed by atoms with E-state index >= 15 is 0 Å². The maximum Gasteiger partial charge on any atom is 0.122 e. The molecule has 0 saturated heterocycles. The molecule has 4 nitrogen and oxygen atoms in total. The quantitative estimate of drug-likeness (QED) is 0.773. The van der Waals surface area contributed by atoms with Crippen LogP contribution in [0.4, 0.5) is 0 Å². The minimum absolute atomic E-state index is 0.824. The molecule has 17 heavy (non-hydrogen) atoms. The molecule has 2 heterocycles. The number of rotatable bonds is 1. The van der Waals surface area contributed by atoms with Crippen molar-refractivity contribution in [3.8, 4) is 5.75 Å². The summed E-state index contributed by atoms with van der Waals surface area (Å²) in [7, 11) is 1.70. The lowest BCUT2D eigenvalue weighted by atomic mass is 10.2. The highest BCUT2D eigenvalue weighted by Crippen LogP contribution is 2.14. The summed E-state index contributed by atoms with van der Waals surface area (Å²) in [4.78, 5) is 4.61. The summed E-state index contributed by atoms with van der Waals surface area (Å²) in [5, 5.41) is 6.85. The van der Waals surface area contributed by atoms with Gasteiger partial charge in [0.05, 0.1) is 18.5 Å². The predicted molar refractivity (Wildman–Crippen MR) is 68.1 cm³/mol. The molecular formula is C13H21N3O. The van der Waals surface area contributed by atoms with Crippen molar-refractivity contribution in [1.82, 2.24) is 15.6 Å². The van der Waals surface area contributed by atoms with E-state index in [-0.39, 0.29) is 0 Å². The summed E-state index contributed by atoms with van der Waals surface area (Å²) < 4.78 is 5.30. The maximum atomic E-state index is 5.30. The first-order chi connectivity index (χ1) is 8.38. The fourth-order valence-corrected chi connectivity index (χ4v) is 2.03. The van der Waals surface area contributed by atoms with Crippen molar-refractivity contribution in [3.63, 3.8) is 0 Å². The van der Waals surface area contributed by atoms with Gasteiger partial charge in [0, 0.05) is 25.2 Å². The van der Waals surface area contributed by atoms with Crippen molar-refractivity contribution in [2.75, 3.05) is 20.2 Å². The van der Waals surface area contributed by atoms with Gasteiger partial charge in [0.15, 0.2) is 0 Å². The Labute approximate surface area is 103 Å². The zero-order valence-corrected chi connectivity index (χ0v) is 10.5. The smallest absolute Gasteiger partial charge is 0.122 e. The van der Waals surface area contributed by atoms with Gasteiger partial charge in [0.1, 0.15) is 5.75 Å². The number of nitrogens with zero attached hydrogens (tertiary/aromatic N) is 1. The Morgan fingerprint density at radius 1 is 1.00 bits per heavy atom. The van der Waals surface area contributed by atoms with Crippen molar-refractivity contribution in [2.24, 2.45) is 0 Å². The molecule has 1 aromatic heterocycles. The number of pyridine rings is 1. The highest BCUT2D eigenvalue weighted by Gasteiger charge is 2.04. The number of aromatic nitrogens is 1. The highest BCUT2D eigenvalue weighted by molar-refractivity contribution is 5.27. The summed E-state index contributed by atoms with van der Waals surface area (Å²) in [6.07, 6.45) is 3.75. The van der Waals surface area contributed by atoms with E-state index in [0.29, 0.717) is 0 Å². The molecule has 1 aliphatic heterocycles. The molecule has 0 spiro atoms. The molecule has 0 aliphatic carbocycles. The number of ether oxygens (including phenoxy) is 1. The van der Waals surface area contributed by atoms with Gasteiger partial charge in [-0.15, -0.1) is 0 Å². The van der Waals surface area contributed by atoms with Crippen LogP contribution in [-0.4, -0.2) is 25.2 Å². The lowest BCUT2D eigenvalue weighted by Gasteiger charge is -2.12. The molecule has 2 N–H and O–H groups in total. The van der Waals surface area contributed by atoms with Gasteiger partial charge in [-0.3, -0.25) is 4.98 Å². The molecule has 94 valence electrons. The summed E-state index contributed by atoms with van der Waals surface area (Å²) in [6, 6.07) is 4.00. The number of hydrogen-bond donors (Lipinski definition) is 2. The Morgan fingerprint density at radius 3 is 2.12 bits per heavy atom. The molecule has 0 saturated carbocycles. The van der Waals surface area contributed by atoms with Crippen LogP contribution in [0.15, 0.2) is 12.1 Å². The van der Waals surface area contributed by atoms with Crippen molar-refractivity contribution in [3.05, 3.63) is 23.5 Å². The van der Waals surface area contributed by atoms with Gasteiger partial charge in [0.2, 0.25) is 0 Å². The van der Waals surface area contributed by atoms with Crippen LogP contribution in [0, 0.1) is 0 Å². The molecule has 0 fully saturated rings. The van der Waals surface area contributed by atoms with Crippen LogP contribution in [0.5, 0.6) is 5.75 Å². The lowest BCUT2D eigenvalue weighted by molar-refractivity contribution is 0.411. The van der Waals surface area contributed by atoms with E-state index in [4.69, 9.17) is 4.74 Å². The molecule has 1 aromatic rings. The van der Waals surface area contributed by atoms with Gasteiger partial charge in [0.25, 0.3) is 0 Å². The van der Waals surface area contributed by atoms with Crippen LogP contribution >= 0.6 is 0 Å². The van der Waals surface area contributed by atoms with Gasteiger partial charge >= 0.3 is 0 Å². The fraction of sp³-hybridized carbons (Fsp3) is 0.615. The van der Waals surface area contributed by atoms with E-state index in [1.54, 1.807) is 7.11 Å². The van der Waals surface area contributed by atoms with E-state index in [2.05, 4.69) is 15.6 Å². The Morgan fingerprint density at radius 2 is 1.59 bits per heavy atom. The molecule has 2 bridgehead atoms. The summed E-state index contributed by atoms with van der Waals surface area (Å²) >= 11 is 0. The van der Waals surface area contributed by atoms with Crippen LogP contribution in [0.2, 0.25) is 0 Å². The average molecular weight is 235 g/mol. The summed E-state index contributed by atoms with van der Waals surface area (Å²) in [6.45, 7) is 3.77. The van der Waals surface area contributed by atoms with E-state index in [9.17, 15) is 0 Å². The third-order valence-corrected chi connectivity index (χ3v) is 2.96. The van der Waals surface area contributed by atoms with Crippen molar-refractivity contribution in [2.45, 2.75) is 32.4 Å². The zero-order chi connectivity index (χ0) is 11.9. The maximum absolute atomic E-state index is 5.30. The van der Waals surface area contributed by atoms with Crippen molar-refractivity contribution in [1.29, 1.82) is 0 Å². The second-order valence-corrected chi connectivity index (χ2v) is 4.40. The first-order valence-electron chi connectivity index (χ1n) is 6.34. The van der Waals surface area contributed by atoms with Crippen molar-refractivity contribution < 1.29 is 4.74 Å². The molecular weight excluding hydrogens is 214 g/mol. The fourth-order valence-electron chi connectivity index (χ4n) is 2.03. The first kappa shape index (κ1) is 12.3. The number of hydrogen-bond acceptors (Lipinski definition) is 4. The third kappa shape index (κ3) is 3.98. The average Bonchev–Trinajstić information content (AvgIpc) is 2.35. The number of fused-ring (bicyclic) bond motifs is 2. The molecule has 0 unspecified atom stereocenters. The third-order valence-electron chi connectivity index (χ3n) is 2.96. The van der Waals surface area contributed by atoms with Crippen LogP contribution < -0.4 is 15.4 Å². The molecule has 0 amide bonds. The van der Waals surface area contributed by atoms with E-state index in [1.165, 1.54) is 19.3 Å². The monoisotopic (exact) mass is 235 g/mol. The van der Waals surface area contributed by atoms with Gasteiger partial charge in [-0.1, -0.05) is 6.42 Å². The Bertz CT molecular complexity index is 326. The Hall–Kier alpha value is -1.13. The SMILES string of the molecule is COc1cc2nc(c1)CNCCCCCNC2. The van der Waals surface area contributed by atoms with Crippen molar-refractivity contribution >= 4 is 0 Å². The van der Waals surface area contributed by atoms with Crippen LogP contribution in [0.25, 0.3) is 0 Å². The molecule has 4 heteroatoms. The van der Waals surface area contributed by atoms with Crippen LogP contribution in [0.1, 0.15) is 30.7 Å². The highest BCUT2D eigenvalue weighted by atomic mass is 16.5. The van der Waals surface area contributed by atoms with Gasteiger partial charge in [-0.05, 0) is 25.9 Å². The number of methoxy groups -OCH3 is 1. The van der Waals surface area contributed by atoms with Gasteiger partial charge < -0.3 is 15.4 Å². The largest absolute Gasteiger partial charge is 0.497 e. The lowest BCUT2D eigenvalue weighted by Crippen LogP contribution is -2.20. The molecule has 0 radical (unpaired) electrons. The molecule has 2 rings (SSSR count). The zero-order valence-electron chi connectivity index (χ0n) is 10.5. The van der Waals surface area contributed by atoms with E-state index in [1.807, 2.05) is 12.1 Å². The predicted octanol–water partition coefficient (Wildman–Crippen LogP) is 1.45. The van der Waals surface area contributed by atoms with E-state index < -0.39 is 0 Å². The normalized spacial score (nSPS) is 17.9.